The standard InChI is InChI=1S/C16H23BrN2/c1-19-8-6-12(7-9-19)11-18-16-5-2-13-10-14(17)3-4-15(13)16/h3-4,10,12,16,18H,2,5-9,11H2,1H3. The van der Waals surface area contributed by atoms with Crippen LogP contribution in [0.1, 0.15) is 36.4 Å². The second kappa shape index (κ2) is 5.94. The van der Waals surface area contributed by atoms with Gasteiger partial charge in [-0.15, -0.1) is 0 Å². The Balaban J connectivity index is 1.55. The normalized spacial score (nSPS) is 24.6. The molecule has 1 aromatic rings. The molecule has 19 heavy (non-hydrogen) atoms. The number of aryl methyl sites for hydroxylation is 1. The minimum Gasteiger partial charge on any atom is -0.310 e. The van der Waals surface area contributed by atoms with E-state index in [0.29, 0.717) is 6.04 Å². The summed E-state index contributed by atoms with van der Waals surface area (Å²) in [5.41, 5.74) is 3.05. The van der Waals surface area contributed by atoms with E-state index in [1.54, 1.807) is 0 Å². The van der Waals surface area contributed by atoms with Crippen molar-refractivity contribution in [3.8, 4) is 0 Å². The molecule has 104 valence electrons. The number of hydrogen-bond donors (Lipinski definition) is 1. The molecule has 2 nitrogen and oxygen atoms in total. The molecule has 1 aliphatic carbocycles. The predicted octanol–water partition coefficient (Wildman–Crippen LogP) is 3.37. The first-order valence-corrected chi connectivity index (χ1v) is 8.22. The zero-order chi connectivity index (χ0) is 13.2. The molecule has 1 atom stereocenters. The van der Waals surface area contributed by atoms with Crippen molar-refractivity contribution in [3.63, 3.8) is 0 Å². The highest BCUT2D eigenvalue weighted by atomic mass is 79.9. The average Bonchev–Trinajstić information content (AvgIpc) is 2.80. The minimum atomic E-state index is 0.586. The molecule has 1 aromatic carbocycles. The van der Waals surface area contributed by atoms with Crippen molar-refractivity contribution < 1.29 is 0 Å². The third-order valence-corrected chi connectivity index (χ3v) is 5.17. The van der Waals surface area contributed by atoms with E-state index < -0.39 is 0 Å². The van der Waals surface area contributed by atoms with E-state index in [2.05, 4.69) is 51.4 Å². The Labute approximate surface area is 124 Å². The summed E-state index contributed by atoms with van der Waals surface area (Å²) in [4.78, 5) is 2.44. The minimum absolute atomic E-state index is 0.586. The Kier molecular flexibility index (Phi) is 4.25. The van der Waals surface area contributed by atoms with E-state index in [9.17, 15) is 0 Å². The Morgan fingerprint density at radius 2 is 2.05 bits per heavy atom. The lowest BCUT2D eigenvalue weighted by Crippen LogP contribution is -2.35. The summed E-state index contributed by atoms with van der Waals surface area (Å²) in [6.07, 6.45) is 5.19. The van der Waals surface area contributed by atoms with Crippen molar-refractivity contribution in [1.82, 2.24) is 10.2 Å². The summed E-state index contributed by atoms with van der Waals surface area (Å²) < 4.78 is 1.21. The second-order valence-corrected chi connectivity index (χ2v) is 7.00. The van der Waals surface area contributed by atoms with Crippen LogP contribution in [-0.2, 0) is 6.42 Å². The van der Waals surface area contributed by atoms with E-state index in [1.165, 1.54) is 60.9 Å². The van der Waals surface area contributed by atoms with Crippen molar-refractivity contribution in [2.75, 3.05) is 26.7 Å². The fraction of sp³-hybridized carbons (Fsp3) is 0.625. The number of fused-ring (bicyclic) bond motifs is 1. The summed E-state index contributed by atoms with van der Waals surface area (Å²) in [6.45, 7) is 3.72. The summed E-state index contributed by atoms with van der Waals surface area (Å²) in [7, 11) is 2.23. The number of hydrogen-bond acceptors (Lipinski definition) is 2. The fourth-order valence-electron chi connectivity index (χ4n) is 3.37. The average molecular weight is 323 g/mol. The zero-order valence-corrected chi connectivity index (χ0v) is 13.2. The molecule has 1 N–H and O–H groups in total. The number of rotatable bonds is 3. The molecule has 1 unspecified atom stereocenters. The molecule has 2 aliphatic rings. The molecule has 1 aliphatic heterocycles. The van der Waals surface area contributed by atoms with Gasteiger partial charge in [0.1, 0.15) is 0 Å². The first kappa shape index (κ1) is 13.6. The Morgan fingerprint density at radius 1 is 1.26 bits per heavy atom. The molecule has 1 fully saturated rings. The van der Waals surface area contributed by atoms with Gasteiger partial charge >= 0.3 is 0 Å². The Bertz CT molecular complexity index is 438. The number of nitrogens with zero attached hydrogens (tertiary/aromatic N) is 1. The molecular weight excluding hydrogens is 300 g/mol. The SMILES string of the molecule is CN1CCC(CNC2CCc3cc(Br)ccc32)CC1. The van der Waals surface area contributed by atoms with Gasteiger partial charge in [-0.2, -0.15) is 0 Å². The van der Waals surface area contributed by atoms with E-state index >= 15 is 0 Å². The highest BCUT2D eigenvalue weighted by Crippen LogP contribution is 2.33. The fourth-order valence-corrected chi connectivity index (χ4v) is 3.78. The van der Waals surface area contributed by atoms with Crippen LogP contribution in [0.25, 0.3) is 0 Å². The van der Waals surface area contributed by atoms with Crippen LogP contribution >= 0.6 is 15.9 Å². The summed E-state index contributed by atoms with van der Waals surface area (Å²) in [6, 6.07) is 7.34. The largest absolute Gasteiger partial charge is 0.310 e. The molecule has 3 heteroatoms. The van der Waals surface area contributed by atoms with Crippen molar-refractivity contribution >= 4 is 15.9 Å². The Morgan fingerprint density at radius 3 is 2.84 bits per heavy atom. The smallest absolute Gasteiger partial charge is 0.0326 e. The van der Waals surface area contributed by atoms with Crippen LogP contribution in [0.4, 0.5) is 0 Å². The first-order chi connectivity index (χ1) is 9.22. The van der Waals surface area contributed by atoms with E-state index in [4.69, 9.17) is 0 Å². The number of halogens is 1. The van der Waals surface area contributed by atoms with Crippen molar-refractivity contribution in [3.05, 3.63) is 33.8 Å². The maximum Gasteiger partial charge on any atom is 0.0326 e. The van der Waals surface area contributed by atoms with Crippen LogP contribution < -0.4 is 5.32 Å². The van der Waals surface area contributed by atoms with Crippen LogP contribution in [0.2, 0.25) is 0 Å². The monoisotopic (exact) mass is 322 g/mol. The van der Waals surface area contributed by atoms with Gasteiger partial charge in [0.2, 0.25) is 0 Å². The molecule has 0 bridgehead atoms. The van der Waals surface area contributed by atoms with Crippen molar-refractivity contribution in [2.24, 2.45) is 5.92 Å². The maximum absolute atomic E-state index is 3.81. The van der Waals surface area contributed by atoms with Crippen LogP contribution in [0.3, 0.4) is 0 Å². The van der Waals surface area contributed by atoms with Gasteiger partial charge in [0.25, 0.3) is 0 Å². The van der Waals surface area contributed by atoms with Gasteiger partial charge in [0.15, 0.2) is 0 Å². The molecule has 0 spiro atoms. The van der Waals surface area contributed by atoms with E-state index in [1.807, 2.05) is 0 Å². The lowest BCUT2D eigenvalue weighted by atomic mass is 9.96. The molecule has 0 amide bonds. The number of likely N-dealkylation sites (tertiary alicyclic amines) is 1. The van der Waals surface area contributed by atoms with Gasteiger partial charge in [-0.25, -0.2) is 0 Å². The summed E-state index contributed by atoms with van der Waals surface area (Å²) in [5, 5.41) is 3.81. The molecule has 0 radical (unpaired) electrons. The zero-order valence-electron chi connectivity index (χ0n) is 11.7. The van der Waals surface area contributed by atoms with Crippen LogP contribution in [0, 0.1) is 5.92 Å². The number of nitrogens with one attached hydrogen (secondary N) is 1. The van der Waals surface area contributed by atoms with E-state index in [-0.39, 0.29) is 0 Å². The van der Waals surface area contributed by atoms with Gasteiger partial charge in [0, 0.05) is 10.5 Å². The molecule has 0 saturated carbocycles. The van der Waals surface area contributed by atoms with Crippen LogP contribution in [0.5, 0.6) is 0 Å². The summed E-state index contributed by atoms with van der Waals surface area (Å²) in [5.74, 6) is 0.871. The van der Waals surface area contributed by atoms with Gasteiger partial charge in [-0.1, -0.05) is 22.0 Å². The first-order valence-electron chi connectivity index (χ1n) is 7.42. The Hall–Kier alpha value is -0.380. The van der Waals surface area contributed by atoms with Crippen LogP contribution in [0.15, 0.2) is 22.7 Å². The van der Waals surface area contributed by atoms with Gasteiger partial charge in [-0.3, -0.25) is 0 Å². The lowest BCUT2D eigenvalue weighted by molar-refractivity contribution is 0.212. The topological polar surface area (TPSA) is 15.3 Å². The number of benzene rings is 1. The molecule has 1 saturated heterocycles. The molecule has 3 rings (SSSR count). The second-order valence-electron chi connectivity index (χ2n) is 6.09. The van der Waals surface area contributed by atoms with Gasteiger partial charge in [-0.05, 0) is 81.5 Å². The highest BCUT2D eigenvalue weighted by molar-refractivity contribution is 9.10. The van der Waals surface area contributed by atoms with Gasteiger partial charge < -0.3 is 10.2 Å². The van der Waals surface area contributed by atoms with Crippen LogP contribution in [-0.4, -0.2) is 31.6 Å². The third-order valence-electron chi connectivity index (χ3n) is 4.67. The van der Waals surface area contributed by atoms with E-state index in [0.717, 1.165) is 5.92 Å². The lowest BCUT2D eigenvalue weighted by Gasteiger charge is -2.30. The van der Waals surface area contributed by atoms with Gasteiger partial charge in [0.05, 0.1) is 0 Å². The van der Waals surface area contributed by atoms with Crippen molar-refractivity contribution in [1.29, 1.82) is 0 Å². The number of piperidine rings is 1. The third kappa shape index (κ3) is 3.21. The quantitative estimate of drug-likeness (QED) is 0.917. The molecular formula is C16H23BrN2. The predicted molar refractivity (Wildman–Crippen MR) is 83.4 cm³/mol. The summed E-state index contributed by atoms with van der Waals surface area (Å²) >= 11 is 3.57. The van der Waals surface area contributed by atoms with Crippen molar-refractivity contribution in [2.45, 2.75) is 31.7 Å². The maximum atomic E-state index is 3.81. The highest BCUT2D eigenvalue weighted by Gasteiger charge is 2.24. The molecule has 0 aromatic heterocycles. The molecule has 1 heterocycles.